The molecule has 0 bridgehead atoms. The van der Waals surface area contributed by atoms with Crippen molar-refractivity contribution in [2.24, 2.45) is 0 Å². The van der Waals surface area contributed by atoms with Crippen molar-refractivity contribution in [1.29, 1.82) is 0 Å². The van der Waals surface area contributed by atoms with Gasteiger partial charge >= 0.3 is 0 Å². The van der Waals surface area contributed by atoms with Crippen LogP contribution in [0.25, 0.3) is 0 Å². The van der Waals surface area contributed by atoms with Gasteiger partial charge in [-0.15, -0.1) is 0 Å². The Morgan fingerprint density at radius 2 is 2.23 bits per heavy atom. The predicted octanol–water partition coefficient (Wildman–Crippen LogP) is 2.40. The maximum absolute atomic E-state index is 12.3. The summed E-state index contributed by atoms with van der Waals surface area (Å²) in [5.41, 5.74) is 1.90. The monoisotopic (exact) mass is 303 g/mol. The lowest BCUT2D eigenvalue weighted by Crippen LogP contribution is -2.40. The van der Waals surface area contributed by atoms with Crippen LogP contribution >= 0.6 is 0 Å². The van der Waals surface area contributed by atoms with Crippen LogP contribution in [0, 0.1) is 0 Å². The third-order valence-electron chi connectivity index (χ3n) is 4.31. The Labute approximate surface area is 134 Å². The van der Waals surface area contributed by atoms with Crippen LogP contribution < -0.4 is 10.6 Å². The molecule has 1 fully saturated rings. The van der Waals surface area contributed by atoms with Crippen molar-refractivity contribution in [1.82, 2.24) is 15.5 Å². The Kier molecular flexibility index (Phi) is 6.40. The summed E-state index contributed by atoms with van der Waals surface area (Å²) in [6, 6.07) is 8.83. The van der Waals surface area contributed by atoms with E-state index < -0.39 is 0 Å². The molecule has 1 aromatic carbocycles. The van der Waals surface area contributed by atoms with Crippen LogP contribution in [0.1, 0.15) is 49.5 Å². The summed E-state index contributed by atoms with van der Waals surface area (Å²) in [4.78, 5) is 14.8. The highest BCUT2D eigenvalue weighted by Crippen LogP contribution is 2.15. The molecule has 4 heteroatoms. The molecule has 2 rings (SSSR count). The molecular formula is C18H29N3O. The number of rotatable bonds is 7. The summed E-state index contributed by atoms with van der Waals surface area (Å²) < 4.78 is 0. The average Bonchev–Trinajstić information content (AvgIpc) is 2.98. The number of nitrogens with one attached hydrogen (secondary N) is 2. The molecule has 122 valence electrons. The van der Waals surface area contributed by atoms with E-state index >= 15 is 0 Å². The summed E-state index contributed by atoms with van der Waals surface area (Å²) in [5.74, 6) is 0.0364. The molecule has 0 unspecified atom stereocenters. The number of benzene rings is 1. The highest BCUT2D eigenvalue weighted by molar-refractivity contribution is 5.94. The van der Waals surface area contributed by atoms with E-state index in [9.17, 15) is 4.79 Å². The molecule has 1 aliphatic rings. The lowest BCUT2D eigenvalue weighted by atomic mass is 10.1. The van der Waals surface area contributed by atoms with E-state index in [1.165, 1.54) is 12.8 Å². The molecule has 1 atom stereocenters. The molecule has 2 N–H and O–H groups in total. The maximum Gasteiger partial charge on any atom is 0.251 e. The molecule has 1 amide bonds. The summed E-state index contributed by atoms with van der Waals surface area (Å²) in [6.07, 6.45) is 2.43. The molecule has 0 radical (unpaired) electrons. The van der Waals surface area contributed by atoms with E-state index in [4.69, 9.17) is 0 Å². The molecule has 22 heavy (non-hydrogen) atoms. The Morgan fingerprint density at radius 3 is 2.95 bits per heavy atom. The van der Waals surface area contributed by atoms with Crippen LogP contribution in [-0.4, -0.2) is 42.5 Å². The summed E-state index contributed by atoms with van der Waals surface area (Å²) in [6.45, 7) is 10.2. The Morgan fingerprint density at radius 1 is 1.41 bits per heavy atom. The van der Waals surface area contributed by atoms with Gasteiger partial charge in [-0.1, -0.05) is 32.9 Å². The topological polar surface area (TPSA) is 44.4 Å². The minimum absolute atomic E-state index is 0.0364. The van der Waals surface area contributed by atoms with Gasteiger partial charge in [0.15, 0.2) is 0 Å². The summed E-state index contributed by atoms with van der Waals surface area (Å²) in [7, 11) is 0. The second-order valence-electron chi connectivity index (χ2n) is 6.37. The second-order valence-corrected chi connectivity index (χ2v) is 6.37. The van der Waals surface area contributed by atoms with Gasteiger partial charge < -0.3 is 10.6 Å². The number of hydrogen-bond acceptors (Lipinski definition) is 3. The summed E-state index contributed by atoms with van der Waals surface area (Å²) in [5, 5.41) is 6.48. The van der Waals surface area contributed by atoms with Crippen molar-refractivity contribution < 1.29 is 4.79 Å². The van der Waals surface area contributed by atoms with E-state index in [0.717, 1.165) is 37.3 Å². The number of likely N-dealkylation sites (N-methyl/N-ethyl adjacent to an activating group) is 1. The lowest BCUT2D eigenvalue weighted by Gasteiger charge is -2.22. The largest absolute Gasteiger partial charge is 0.350 e. The van der Waals surface area contributed by atoms with Crippen molar-refractivity contribution in [2.45, 2.75) is 52.2 Å². The van der Waals surface area contributed by atoms with E-state index in [1.54, 1.807) is 0 Å². The molecular weight excluding hydrogens is 274 g/mol. The number of likely N-dealkylation sites (tertiary alicyclic amines) is 1. The quantitative estimate of drug-likeness (QED) is 0.813. The molecule has 0 spiro atoms. The Bertz CT molecular complexity index is 487. The van der Waals surface area contributed by atoms with Crippen LogP contribution in [0.4, 0.5) is 0 Å². The first kappa shape index (κ1) is 17.0. The maximum atomic E-state index is 12.3. The van der Waals surface area contributed by atoms with Gasteiger partial charge in [-0.05, 0) is 43.6 Å². The van der Waals surface area contributed by atoms with Crippen molar-refractivity contribution in [3.63, 3.8) is 0 Å². The van der Waals surface area contributed by atoms with Gasteiger partial charge in [0, 0.05) is 30.7 Å². The lowest BCUT2D eigenvalue weighted by molar-refractivity contribution is 0.0941. The van der Waals surface area contributed by atoms with Crippen LogP contribution in [0.15, 0.2) is 24.3 Å². The third-order valence-corrected chi connectivity index (χ3v) is 4.31. The van der Waals surface area contributed by atoms with Gasteiger partial charge in [-0.2, -0.15) is 0 Å². The van der Waals surface area contributed by atoms with Crippen molar-refractivity contribution in [2.75, 3.05) is 19.6 Å². The Balaban J connectivity index is 1.88. The number of hydrogen-bond donors (Lipinski definition) is 2. The summed E-state index contributed by atoms with van der Waals surface area (Å²) >= 11 is 0. The van der Waals surface area contributed by atoms with E-state index in [1.807, 2.05) is 18.2 Å². The van der Waals surface area contributed by atoms with E-state index in [2.05, 4.69) is 42.4 Å². The van der Waals surface area contributed by atoms with Crippen molar-refractivity contribution in [3.8, 4) is 0 Å². The smallest absolute Gasteiger partial charge is 0.251 e. The number of nitrogens with zero attached hydrogens (tertiary/aromatic N) is 1. The predicted molar refractivity (Wildman–Crippen MR) is 91.0 cm³/mol. The minimum Gasteiger partial charge on any atom is -0.350 e. The fraction of sp³-hybridized carbons (Fsp3) is 0.611. The molecule has 1 heterocycles. The second kappa shape index (κ2) is 8.30. The first-order valence-corrected chi connectivity index (χ1v) is 8.44. The van der Waals surface area contributed by atoms with Gasteiger partial charge in [0.25, 0.3) is 5.91 Å². The number of amides is 1. The molecule has 0 aromatic heterocycles. The van der Waals surface area contributed by atoms with Gasteiger partial charge in [-0.3, -0.25) is 9.69 Å². The molecule has 1 aliphatic heterocycles. The highest BCUT2D eigenvalue weighted by Gasteiger charge is 2.23. The van der Waals surface area contributed by atoms with Gasteiger partial charge in [0.2, 0.25) is 0 Å². The molecule has 1 aromatic rings. The van der Waals surface area contributed by atoms with Crippen molar-refractivity contribution in [3.05, 3.63) is 35.4 Å². The van der Waals surface area contributed by atoms with E-state index in [0.29, 0.717) is 12.1 Å². The van der Waals surface area contributed by atoms with Crippen LogP contribution in [0.3, 0.4) is 0 Å². The minimum atomic E-state index is 0.0364. The molecule has 1 saturated heterocycles. The first-order valence-electron chi connectivity index (χ1n) is 8.44. The van der Waals surface area contributed by atoms with E-state index in [-0.39, 0.29) is 5.91 Å². The zero-order valence-corrected chi connectivity index (χ0v) is 14.1. The number of carbonyl (C=O) groups is 1. The molecule has 0 saturated carbocycles. The zero-order valence-electron chi connectivity index (χ0n) is 14.1. The SMILES string of the molecule is CCN1CCC[C@H]1CNC(=O)c1cccc(CNC(C)C)c1. The van der Waals surface area contributed by atoms with Crippen LogP contribution in [-0.2, 0) is 6.54 Å². The van der Waals surface area contributed by atoms with Crippen LogP contribution in [0.2, 0.25) is 0 Å². The fourth-order valence-electron chi connectivity index (χ4n) is 3.00. The fourth-order valence-corrected chi connectivity index (χ4v) is 3.00. The van der Waals surface area contributed by atoms with Crippen LogP contribution in [0.5, 0.6) is 0 Å². The van der Waals surface area contributed by atoms with Gasteiger partial charge in [0.05, 0.1) is 0 Å². The Hall–Kier alpha value is -1.39. The average molecular weight is 303 g/mol. The number of carbonyl (C=O) groups excluding carboxylic acids is 1. The highest BCUT2D eigenvalue weighted by atomic mass is 16.1. The standard InChI is InChI=1S/C18H29N3O/c1-4-21-10-6-9-17(21)13-20-18(22)16-8-5-7-15(11-16)12-19-14(2)3/h5,7-8,11,14,17,19H,4,6,9-10,12-13H2,1-3H3,(H,20,22)/t17-/m0/s1. The van der Waals surface area contributed by atoms with Crippen molar-refractivity contribution >= 4 is 5.91 Å². The zero-order chi connectivity index (χ0) is 15.9. The third kappa shape index (κ3) is 4.82. The normalized spacial score (nSPS) is 18.8. The first-order chi connectivity index (χ1) is 10.6. The molecule has 0 aliphatic carbocycles. The van der Waals surface area contributed by atoms with Gasteiger partial charge in [0.1, 0.15) is 0 Å². The molecule has 4 nitrogen and oxygen atoms in total. The van der Waals surface area contributed by atoms with Gasteiger partial charge in [-0.25, -0.2) is 0 Å².